The van der Waals surface area contributed by atoms with Gasteiger partial charge in [-0.3, -0.25) is 4.68 Å². The van der Waals surface area contributed by atoms with Gasteiger partial charge in [0, 0.05) is 24.3 Å². The van der Waals surface area contributed by atoms with Crippen LogP contribution in [0.1, 0.15) is 51.0 Å². The summed E-state index contributed by atoms with van der Waals surface area (Å²) >= 11 is 0. The summed E-state index contributed by atoms with van der Waals surface area (Å²) in [7, 11) is 1.99. The van der Waals surface area contributed by atoms with Crippen LogP contribution in [0.5, 0.6) is 0 Å². The first-order valence-electron chi connectivity index (χ1n) is 7.76. The van der Waals surface area contributed by atoms with Gasteiger partial charge in [0.2, 0.25) is 0 Å². The molecule has 5 rings (SSSR count). The Kier molecular flexibility index (Phi) is 2.28. The van der Waals surface area contributed by atoms with Crippen LogP contribution in [0.15, 0.2) is 12.4 Å². The van der Waals surface area contributed by atoms with Crippen LogP contribution in [0.3, 0.4) is 0 Å². The fourth-order valence-corrected chi connectivity index (χ4v) is 5.74. The molecule has 1 aromatic heterocycles. The fourth-order valence-electron chi connectivity index (χ4n) is 5.74. The number of nitrogens with two attached hydrogens (primary N) is 1. The summed E-state index contributed by atoms with van der Waals surface area (Å²) in [5, 5.41) is 4.35. The zero-order valence-electron chi connectivity index (χ0n) is 12.1. The number of aryl methyl sites for hydroxylation is 1. The molecule has 4 aliphatic rings. The van der Waals surface area contributed by atoms with E-state index in [9.17, 15) is 0 Å². The van der Waals surface area contributed by atoms with Crippen LogP contribution in [0.4, 0.5) is 0 Å². The third-order valence-electron chi connectivity index (χ3n) is 6.44. The lowest BCUT2D eigenvalue weighted by Gasteiger charge is -2.62. The number of rotatable bonds is 2. The second kappa shape index (κ2) is 3.63. The van der Waals surface area contributed by atoms with Crippen molar-refractivity contribution in [3.63, 3.8) is 0 Å². The summed E-state index contributed by atoms with van der Waals surface area (Å²) in [6, 6.07) is 0. The molecular weight excluding hydrogens is 234 g/mol. The molecule has 4 aliphatic carbocycles. The lowest BCUT2D eigenvalue weighted by Crippen LogP contribution is -2.59. The molecule has 2 N–H and O–H groups in total. The number of aromatic nitrogens is 2. The van der Waals surface area contributed by atoms with Crippen molar-refractivity contribution in [2.75, 3.05) is 0 Å². The smallest absolute Gasteiger partial charge is 0.0540 e. The Morgan fingerprint density at radius 1 is 1.21 bits per heavy atom. The molecule has 0 amide bonds. The van der Waals surface area contributed by atoms with Gasteiger partial charge < -0.3 is 5.73 Å². The van der Waals surface area contributed by atoms with Gasteiger partial charge in [0.25, 0.3) is 0 Å². The first kappa shape index (κ1) is 12.0. The summed E-state index contributed by atoms with van der Waals surface area (Å²) < 4.78 is 1.89. The van der Waals surface area contributed by atoms with Crippen LogP contribution in [-0.4, -0.2) is 9.78 Å². The van der Waals surface area contributed by atoms with Gasteiger partial charge in [0.15, 0.2) is 0 Å². The van der Waals surface area contributed by atoms with Gasteiger partial charge in [-0.15, -0.1) is 0 Å². The maximum atomic E-state index is 6.90. The van der Waals surface area contributed by atoms with Crippen molar-refractivity contribution in [3.05, 3.63) is 18.0 Å². The third kappa shape index (κ3) is 1.57. The summed E-state index contributed by atoms with van der Waals surface area (Å²) in [5.41, 5.74) is 8.26. The van der Waals surface area contributed by atoms with Crippen LogP contribution < -0.4 is 5.73 Å². The Labute approximate surface area is 115 Å². The number of nitrogens with zero attached hydrogens (tertiary/aromatic N) is 2. The Morgan fingerprint density at radius 3 is 2.16 bits per heavy atom. The van der Waals surface area contributed by atoms with E-state index in [-0.39, 0.29) is 5.54 Å². The van der Waals surface area contributed by atoms with Gasteiger partial charge in [0.05, 0.1) is 6.20 Å². The summed E-state index contributed by atoms with van der Waals surface area (Å²) in [5.74, 6) is 2.85. The normalized spacial score (nSPS) is 43.4. The molecule has 0 aromatic carbocycles. The Bertz CT molecular complexity index is 465. The van der Waals surface area contributed by atoms with Crippen LogP contribution in [-0.2, 0) is 12.6 Å². The fraction of sp³-hybridized carbons (Fsp3) is 0.812. The molecule has 1 unspecified atom stereocenters. The van der Waals surface area contributed by atoms with E-state index in [1.165, 1.54) is 44.1 Å². The molecule has 0 spiro atoms. The second-order valence-electron chi connectivity index (χ2n) is 7.80. The standard InChI is InChI=1S/C16H25N3/c1-15(17,14-9-18-19(2)10-14)16-6-11-3-12(7-16)5-13(4-11)8-16/h9-13H,3-8,17H2,1-2H3. The first-order valence-corrected chi connectivity index (χ1v) is 7.76. The average molecular weight is 259 g/mol. The molecule has 1 aromatic rings. The van der Waals surface area contributed by atoms with Gasteiger partial charge in [0.1, 0.15) is 0 Å². The zero-order chi connectivity index (χ0) is 13.3. The highest BCUT2D eigenvalue weighted by Crippen LogP contribution is 2.64. The minimum Gasteiger partial charge on any atom is -0.321 e. The predicted molar refractivity (Wildman–Crippen MR) is 75.4 cm³/mol. The summed E-state index contributed by atoms with van der Waals surface area (Å²) in [4.78, 5) is 0. The minimum atomic E-state index is -0.211. The third-order valence-corrected chi connectivity index (χ3v) is 6.44. The number of hydrogen-bond donors (Lipinski definition) is 1. The van der Waals surface area contributed by atoms with E-state index in [0.717, 1.165) is 17.8 Å². The Balaban J connectivity index is 1.74. The van der Waals surface area contributed by atoms with E-state index < -0.39 is 0 Å². The first-order chi connectivity index (χ1) is 8.98. The molecule has 3 heteroatoms. The van der Waals surface area contributed by atoms with Crippen molar-refractivity contribution in [1.82, 2.24) is 9.78 Å². The Hall–Kier alpha value is -0.830. The highest BCUT2D eigenvalue weighted by molar-refractivity contribution is 5.24. The molecule has 19 heavy (non-hydrogen) atoms. The molecule has 4 fully saturated rings. The average Bonchev–Trinajstić information content (AvgIpc) is 2.74. The van der Waals surface area contributed by atoms with Crippen molar-refractivity contribution in [2.45, 2.75) is 51.0 Å². The highest BCUT2D eigenvalue weighted by atomic mass is 15.2. The maximum absolute atomic E-state index is 6.90. The van der Waals surface area contributed by atoms with Crippen LogP contribution in [0.25, 0.3) is 0 Å². The van der Waals surface area contributed by atoms with Gasteiger partial charge in [-0.05, 0) is 68.6 Å². The topological polar surface area (TPSA) is 43.8 Å². The molecule has 1 atom stereocenters. The van der Waals surface area contributed by atoms with Crippen molar-refractivity contribution < 1.29 is 0 Å². The molecule has 0 radical (unpaired) electrons. The molecular formula is C16H25N3. The van der Waals surface area contributed by atoms with Crippen molar-refractivity contribution in [3.8, 4) is 0 Å². The number of hydrogen-bond acceptors (Lipinski definition) is 2. The zero-order valence-corrected chi connectivity index (χ0v) is 12.1. The SMILES string of the molecule is Cn1cc(C(C)(N)C23CC4CC(CC(C4)C2)C3)cn1. The van der Waals surface area contributed by atoms with Gasteiger partial charge in [-0.25, -0.2) is 0 Å². The molecule has 104 valence electrons. The maximum Gasteiger partial charge on any atom is 0.0540 e. The Morgan fingerprint density at radius 2 is 1.74 bits per heavy atom. The molecule has 4 saturated carbocycles. The van der Waals surface area contributed by atoms with Crippen LogP contribution >= 0.6 is 0 Å². The molecule has 0 aliphatic heterocycles. The van der Waals surface area contributed by atoms with E-state index in [0.29, 0.717) is 5.41 Å². The molecule has 1 heterocycles. The lowest BCUT2D eigenvalue weighted by molar-refractivity contribution is -0.0953. The van der Waals surface area contributed by atoms with Crippen molar-refractivity contribution in [2.24, 2.45) is 36.0 Å². The van der Waals surface area contributed by atoms with Gasteiger partial charge >= 0.3 is 0 Å². The van der Waals surface area contributed by atoms with Gasteiger partial charge in [-0.1, -0.05) is 0 Å². The van der Waals surface area contributed by atoms with Crippen LogP contribution in [0, 0.1) is 23.2 Å². The summed E-state index contributed by atoms with van der Waals surface area (Å²) in [6.45, 7) is 2.26. The highest BCUT2D eigenvalue weighted by Gasteiger charge is 2.58. The summed E-state index contributed by atoms with van der Waals surface area (Å²) in [6.07, 6.45) is 12.6. The van der Waals surface area contributed by atoms with E-state index >= 15 is 0 Å². The second-order valence-corrected chi connectivity index (χ2v) is 7.80. The molecule has 0 saturated heterocycles. The molecule has 3 nitrogen and oxygen atoms in total. The van der Waals surface area contributed by atoms with E-state index in [1.807, 2.05) is 17.9 Å². The quantitative estimate of drug-likeness (QED) is 0.887. The van der Waals surface area contributed by atoms with Crippen molar-refractivity contribution in [1.29, 1.82) is 0 Å². The van der Waals surface area contributed by atoms with E-state index in [2.05, 4.69) is 18.2 Å². The largest absolute Gasteiger partial charge is 0.321 e. The monoisotopic (exact) mass is 259 g/mol. The van der Waals surface area contributed by atoms with Gasteiger partial charge in [-0.2, -0.15) is 5.10 Å². The lowest BCUT2D eigenvalue weighted by atomic mass is 9.44. The minimum absolute atomic E-state index is 0.211. The molecule has 4 bridgehead atoms. The predicted octanol–water partition coefficient (Wildman–Crippen LogP) is 2.81. The van der Waals surface area contributed by atoms with Crippen LogP contribution in [0.2, 0.25) is 0 Å². The van der Waals surface area contributed by atoms with Crippen molar-refractivity contribution >= 4 is 0 Å². The van der Waals surface area contributed by atoms with E-state index in [1.54, 1.807) is 0 Å². The van der Waals surface area contributed by atoms with E-state index in [4.69, 9.17) is 5.73 Å².